The Balaban J connectivity index is 2.03. The molecule has 0 spiro atoms. The molecule has 0 aromatic carbocycles. The number of nitrogens with zero attached hydrogens (tertiary/aromatic N) is 3. The fourth-order valence-corrected chi connectivity index (χ4v) is 1.99. The number of carbonyl (C=O) groups excluding carboxylic acids is 1. The summed E-state index contributed by atoms with van der Waals surface area (Å²) in [5.41, 5.74) is 6.06. The minimum absolute atomic E-state index is 0.161. The third-order valence-electron chi connectivity index (χ3n) is 2.87. The molecule has 2 rings (SSSR count). The Bertz CT molecular complexity index is 478. The van der Waals surface area contributed by atoms with E-state index in [1.54, 1.807) is 24.2 Å². The minimum Gasteiger partial charge on any atom is -0.388 e. The molecule has 0 saturated carbocycles. The van der Waals surface area contributed by atoms with Crippen LogP contribution in [0.1, 0.15) is 18.5 Å². The number of rotatable bonds is 3. The topological polar surface area (TPSA) is 84.1 Å². The Labute approximate surface area is 111 Å². The largest absolute Gasteiger partial charge is 0.388 e. The quantitative estimate of drug-likeness (QED) is 0.757. The molecule has 0 bridgehead atoms. The van der Waals surface area contributed by atoms with E-state index in [9.17, 15) is 4.79 Å². The van der Waals surface area contributed by atoms with E-state index < -0.39 is 0 Å². The van der Waals surface area contributed by atoms with Crippen LogP contribution in [-0.2, 0) is 4.79 Å². The number of thiocarbonyl (C=S) groups is 1. The van der Waals surface area contributed by atoms with Gasteiger partial charge in [-0.05, 0) is 12.5 Å². The Kier molecular flexibility index (Phi) is 3.71. The summed E-state index contributed by atoms with van der Waals surface area (Å²) in [7, 11) is 1.79. The fourth-order valence-electron chi connectivity index (χ4n) is 1.88. The molecule has 1 saturated heterocycles. The Morgan fingerprint density at radius 2 is 2.44 bits per heavy atom. The van der Waals surface area contributed by atoms with Crippen LogP contribution in [0.3, 0.4) is 0 Å². The average molecular weight is 265 g/mol. The van der Waals surface area contributed by atoms with E-state index in [0.29, 0.717) is 24.6 Å². The smallest absolute Gasteiger partial charge is 0.223 e. The number of carbonyl (C=O) groups is 1. The summed E-state index contributed by atoms with van der Waals surface area (Å²) in [5.74, 6) is 0.666. The molecule has 18 heavy (non-hydrogen) atoms. The van der Waals surface area contributed by atoms with Gasteiger partial charge in [0.1, 0.15) is 10.7 Å². The summed E-state index contributed by atoms with van der Waals surface area (Å²) in [4.78, 5) is 21.7. The van der Waals surface area contributed by atoms with Gasteiger partial charge in [-0.1, -0.05) is 12.2 Å². The van der Waals surface area contributed by atoms with E-state index in [1.165, 1.54) is 0 Å². The first-order valence-electron chi connectivity index (χ1n) is 5.69. The SMILES string of the molecule is CN1CC(Nc2nccc(C(N)=S)n2)CCC1=O. The summed E-state index contributed by atoms with van der Waals surface area (Å²) in [6.07, 6.45) is 2.94. The van der Waals surface area contributed by atoms with Gasteiger partial charge in [0.25, 0.3) is 0 Å². The van der Waals surface area contributed by atoms with Crippen molar-refractivity contribution in [1.82, 2.24) is 14.9 Å². The minimum atomic E-state index is 0.161. The van der Waals surface area contributed by atoms with Crippen LogP contribution in [0, 0.1) is 0 Å². The number of hydrogen-bond donors (Lipinski definition) is 2. The molecule has 7 heteroatoms. The van der Waals surface area contributed by atoms with Crippen molar-refractivity contribution in [2.75, 3.05) is 18.9 Å². The molecule has 1 unspecified atom stereocenters. The maximum Gasteiger partial charge on any atom is 0.223 e. The van der Waals surface area contributed by atoms with Crippen LogP contribution in [0.2, 0.25) is 0 Å². The van der Waals surface area contributed by atoms with Crippen molar-refractivity contribution in [3.05, 3.63) is 18.0 Å². The van der Waals surface area contributed by atoms with E-state index >= 15 is 0 Å². The number of likely N-dealkylation sites (N-methyl/N-ethyl adjacent to an activating group) is 1. The van der Waals surface area contributed by atoms with Crippen LogP contribution >= 0.6 is 12.2 Å². The zero-order valence-corrected chi connectivity index (χ0v) is 10.9. The molecule has 1 aliphatic rings. The highest BCUT2D eigenvalue weighted by molar-refractivity contribution is 7.80. The van der Waals surface area contributed by atoms with Crippen LogP contribution in [0.25, 0.3) is 0 Å². The summed E-state index contributed by atoms with van der Waals surface area (Å²) in [6.45, 7) is 0.652. The number of anilines is 1. The zero-order valence-electron chi connectivity index (χ0n) is 10.1. The second-order valence-corrected chi connectivity index (χ2v) is 4.72. The number of amides is 1. The molecule has 1 amide bonds. The summed E-state index contributed by atoms with van der Waals surface area (Å²) in [6, 6.07) is 1.83. The average Bonchev–Trinajstić information content (AvgIpc) is 2.34. The first kappa shape index (κ1) is 12.7. The highest BCUT2D eigenvalue weighted by atomic mass is 32.1. The number of nitrogens with one attached hydrogen (secondary N) is 1. The third kappa shape index (κ3) is 2.92. The van der Waals surface area contributed by atoms with Crippen molar-refractivity contribution in [2.24, 2.45) is 5.73 Å². The van der Waals surface area contributed by atoms with Crippen molar-refractivity contribution in [3.8, 4) is 0 Å². The molecule has 1 aromatic heterocycles. The fraction of sp³-hybridized carbons (Fsp3) is 0.455. The number of piperidine rings is 1. The normalized spacial score (nSPS) is 19.7. The molecule has 1 atom stereocenters. The van der Waals surface area contributed by atoms with Crippen molar-refractivity contribution in [2.45, 2.75) is 18.9 Å². The predicted octanol–water partition coefficient (Wildman–Crippen LogP) is 0.143. The maximum atomic E-state index is 11.4. The lowest BCUT2D eigenvalue weighted by atomic mass is 10.1. The zero-order chi connectivity index (χ0) is 13.1. The number of aromatic nitrogens is 2. The first-order valence-corrected chi connectivity index (χ1v) is 6.10. The molecule has 0 radical (unpaired) electrons. The molecule has 1 aliphatic heterocycles. The standard InChI is InChI=1S/C11H15N5OS/c1-16-6-7(2-3-9(16)17)14-11-13-5-4-8(15-11)10(12)18/h4-5,7H,2-3,6H2,1H3,(H2,12,18)(H,13,14,15). The van der Waals surface area contributed by atoms with E-state index in [0.717, 1.165) is 6.42 Å². The molecular weight excluding hydrogens is 250 g/mol. The summed E-state index contributed by atoms with van der Waals surface area (Å²) in [5, 5.41) is 3.20. The van der Waals surface area contributed by atoms with E-state index in [4.69, 9.17) is 18.0 Å². The Morgan fingerprint density at radius 1 is 1.67 bits per heavy atom. The van der Waals surface area contributed by atoms with Crippen LogP contribution in [0.4, 0.5) is 5.95 Å². The third-order valence-corrected chi connectivity index (χ3v) is 3.08. The molecule has 0 aliphatic carbocycles. The van der Waals surface area contributed by atoms with Crippen molar-refractivity contribution in [1.29, 1.82) is 0 Å². The van der Waals surface area contributed by atoms with Gasteiger partial charge in [-0.25, -0.2) is 9.97 Å². The van der Waals surface area contributed by atoms with Crippen LogP contribution < -0.4 is 11.1 Å². The first-order chi connectivity index (χ1) is 8.56. The van der Waals surface area contributed by atoms with Gasteiger partial charge in [0.2, 0.25) is 11.9 Å². The predicted molar refractivity (Wildman–Crippen MR) is 72.2 cm³/mol. The molecule has 96 valence electrons. The lowest BCUT2D eigenvalue weighted by Gasteiger charge is -2.30. The second kappa shape index (κ2) is 5.26. The summed E-state index contributed by atoms with van der Waals surface area (Å²) >= 11 is 4.87. The Morgan fingerprint density at radius 3 is 3.11 bits per heavy atom. The van der Waals surface area contributed by atoms with E-state index in [1.807, 2.05) is 0 Å². The maximum absolute atomic E-state index is 11.4. The molecular formula is C11H15N5OS. The highest BCUT2D eigenvalue weighted by Crippen LogP contribution is 2.13. The van der Waals surface area contributed by atoms with Gasteiger partial charge < -0.3 is 16.0 Å². The van der Waals surface area contributed by atoms with Crippen LogP contribution in [0.15, 0.2) is 12.3 Å². The van der Waals surface area contributed by atoms with Gasteiger partial charge in [-0.3, -0.25) is 4.79 Å². The van der Waals surface area contributed by atoms with Gasteiger partial charge in [-0.15, -0.1) is 0 Å². The van der Waals surface area contributed by atoms with Gasteiger partial charge in [-0.2, -0.15) is 0 Å². The van der Waals surface area contributed by atoms with Crippen molar-refractivity contribution >= 4 is 29.1 Å². The lowest BCUT2D eigenvalue weighted by Crippen LogP contribution is -2.43. The molecule has 1 fully saturated rings. The molecule has 3 N–H and O–H groups in total. The second-order valence-electron chi connectivity index (χ2n) is 4.28. The van der Waals surface area contributed by atoms with Crippen LogP contribution in [-0.4, -0.2) is 45.4 Å². The van der Waals surface area contributed by atoms with Gasteiger partial charge in [0.05, 0.1) is 0 Å². The van der Waals surface area contributed by atoms with Crippen molar-refractivity contribution in [3.63, 3.8) is 0 Å². The van der Waals surface area contributed by atoms with Crippen molar-refractivity contribution < 1.29 is 4.79 Å². The number of likely N-dealkylation sites (tertiary alicyclic amines) is 1. The number of hydrogen-bond acceptors (Lipinski definition) is 5. The number of nitrogens with two attached hydrogens (primary N) is 1. The lowest BCUT2D eigenvalue weighted by molar-refractivity contribution is -0.132. The van der Waals surface area contributed by atoms with Gasteiger partial charge in [0.15, 0.2) is 0 Å². The van der Waals surface area contributed by atoms with Gasteiger partial charge >= 0.3 is 0 Å². The van der Waals surface area contributed by atoms with Gasteiger partial charge in [0, 0.05) is 32.3 Å². The summed E-state index contributed by atoms with van der Waals surface area (Å²) < 4.78 is 0. The highest BCUT2D eigenvalue weighted by Gasteiger charge is 2.23. The molecule has 2 heterocycles. The van der Waals surface area contributed by atoms with Crippen LogP contribution in [0.5, 0.6) is 0 Å². The van der Waals surface area contributed by atoms with E-state index in [2.05, 4.69) is 15.3 Å². The Hall–Kier alpha value is -1.76. The van der Waals surface area contributed by atoms with E-state index in [-0.39, 0.29) is 16.9 Å². The monoisotopic (exact) mass is 265 g/mol. The molecule has 6 nitrogen and oxygen atoms in total. The molecule has 1 aromatic rings.